The topological polar surface area (TPSA) is 40.6 Å². The van der Waals surface area contributed by atoms with E-state index in [2.05, 4.69) is 25.2 Å². The maximum absolute atomic E-state index is 12.5. The SMILES string of the molecule is CC(C)N1CCC(S(=O)(=O)N2CC[CH]CC2)CC1. The average Bonchev–Trinajstić information content (AvgIpc) is 2.40. The highest BCUT2D eigenvalue weighted by Gasteiger charge is 2.35. The van der Waals surface area contributed by atoms with Crippen molar-refractivity contribution >= 4 is 10.0 Å². The van der Waals surface area contributed by atoms with Crippen molar-refractivity contribution in [1.29, 1.82) is 0 Å². The maximum atomic E-state index is 12.5. The van der Waals surface area contributed by atoms with Gasteiger partial charge in [0.05, 0.1) is 5.25 Å². The molecule has 4 nitrogen and oxygen atoms in total. The Morgan fingerprint density at radius 2 is 1.61 bits per heavy atom. The largest absolute Gasteiger partial charge is 0.301 e. The minimum atomic E-state index is -3.05. The highest BCUT2D eigenvalue weighted by Crippen LogP contribution is 2.24. The number of sulfonamides is 1. The summed E-state index contributed by atoms with van der Waals surface area (Å²) in [5.41, 5.74) is 0. The Hall–Kier alpha value is -0.130. The van der Waals surface area contributed by atoms with Crippen molar-refractivity contribution in [3.8, 4) is 0 Å². The van der Waals surface area contributed by atoms with Crippen LogP contribution < -0.4 is 0 Å². The summed E-state index contributed by atoms with van der Waals surface area (Å²) in [6, 6.07) is 0.526. The molecule has 2 saturated heterocycles. The van der Waals surface area contributed by atoms with Gasteiger partial charge in [0.15, 0.2) is 0 Å². The Labute approximate surface area is 111 Å². The van der Waals surface area contributed by atoms with Crippen LogP contribution in [-0.2, 0) is 10.0 Å². The summed E-state index contributed by atoms with van der Waals surface area (Å²) in [5, 5.41) is -0.148. The minimum absolute atomic E-state index is 0.148. The molecule has 0 bridgehead atoms. The van der Waals surface area contributed by atoms with Crippen molar-refractivity contribution in [3.05, 3.63) is 6.42 Å². The first kappa shape index (κ1) is 14.3. The van der Waals surface area contributed by atoms with Gasteiger partial charge in [-0.15, -0.1) is 0 Å². The predicted octanol–water partition coefficient (Wildman–Crippen LogP) is 1.49. The van der Waals surface area contributed by atoms with Gasteiger partial charge in [0, 0.05) is 19.1 Å². The summed E-state index contributed by atoms with van der Waals surface area (Å²) >= 11 is 0. The monoisotopic (exact) mass is 273 g/mol. The fourth-order valence-corrected chi connectivity index (χ4v) is 4.83. The number of hydrogen-bond acceptors (Lipinski definition) is 3. The first-order valence-corrected chi connectivity index (χ1v) is 8.57. The van der Waals surface area contributed by atoms with Crippen molar-refractivity contribution in [2.45, 2.75) is 50.8 Å². The first-order chi connectivity index (χ1) is 8.51. The average molecular weight is 273 g/mol. The van der Waals surface area contributed by atoms with E-state index < -0.39 is 10.0 Å². The predicted molar refractivity (Wildman–Crippen MR) is 73.8 cm³/mol. The zero-order chi connectivity index (χ0) is 13.2. The zero-order valence-electron chi connectivity index (χ0n) is 11.5. The molecule has 0 unspecified atom stereocenters. The Morgan fingerprint density at radius 1 is 1.06 bits per heavy atom. The number of likely N-dealkylation sites (tertiary alicyclic amines) is 1. The molecule has 0 aromatic carbocycles. The standard InChI is InChI=1S/C13H25N2O2S/c1-12(2)14-10-6-13(7-11-14)18(16,17)15-8-4-3-5-9-15/h3,12-13H,4-11H2,1-2H3. The third kappa shape index (κ3) is 3.06. The van der Waals surface area contributed by atoms with Gasteiger partial charge in [0.25, 0.3) is 0 Å². The van der Waals surface area contributed by atoms with Crippen LogP contribution in [0.25, 0.3) is 0 Å². The molecule has 0 aromatic heterocycles. The number of nitrogens with zero attached hydrogens (tertiary/aromatic N) is 2. The molecule has 2 heterocycles. The summed E-state index contributed by atoms with van der Waals surface area (Å²) in [6.45, 7) is 7.56. The van der Waals surface area contributed by atoms with Gasteiger partial charge in [0.1, 0.15) is 0 Å². The van der Waals surface area contributed by atoms with Gasteiger partial charge in [-0.1, -0.05) is 0 Å². The van der Waals surface area contributed by atoms with E-state index in [9.17, 15) is 8.42 Å². The first-order valence-electron chi connectivity index (χ1n) is 7.06. The smallest absolute Gasteiger partial charge is 0.217 e. The van der Waals surface area contributed by atoms with Gasteiger partial charge in [-0.3, -0.25) is 0 Å². The highest BCUT2D eigenvalue weighted by atomic mass is 32.2. The van der Waals surface area contributed by atoms with Gasteiger partial charge < -0.3 is 4.90 Å². The van der Waals surface area contributed by atoms with Crippen molar-refractivity contribution in [3.63, 3.8) is 0 Å². The van der Waals surface area contributed by atoms with Gasteiger partial charge >= 0.3 is 0 Å². The summed E-state index contributed by atoms with van der Waals surface area (Å²) in [4.78, 5) is 2.37. The number of piperidine rings is 2. The Kier molecular flexibility index (Phi) is 4.67. The molecule has 0 aliphatic carbocycles. The molecule has 0 saturated carbocycles. The van der Waals surface area contributed by atoms with Crippen LogP contribution in [0.3, 0.4) is 0 Å². The van der Waals surface area contributed by atoms with E-state index in [-0.39, 0.29) is 5.25 Å². The lowest BCUT2D eigenvalue weighted by molar-refractivity contribution is 0.184. The fraction of sp³-hybridized carbons (Fsp3) is 0.923. The Balaban J connectivity index is 1.95. The van der Waals surface area contributed by atoms with Crippen molar-refractivity contribution in [2.24, 2.45) is 0 Å². The molecule has 0 spiro atoms. The van der Waals surface area contributed by atoms with Crippen LogP contribution in [-0.4, -0.2) is 55.1 Å². The van der Waals surface area contributed by atoms with E-state index in [1.54, 1.807) is 4.31 Å². The summed E-state index contributed by atoms with van der Waals surface area (Å²) < 4.78 is 26.7. The lowest BCUT2D eigenvalue weighted by Gasteiger charge is -2.37. The van der Waals surface area contributed by atoms with E-state index in [1.807, 2.05) is 0 Å². The van der Waals surface area contributed by atoms with E-state index in [1.165, 1.54) is 0 Å². The van der Waals surface area contributed by atoms with E-state index >= 15 is 0 Å². The second-order valence-corrected chi connectivity index (χ2v) is 7.85. The van der Waals surface area contributed by atoms with Crippen LogP contribution in [0.15, 0.2) is 0 Å². The van der Waals surface area contributed by atoms with Gasteiger partial charge in [0.2, 0.25) is 10.0 Å². The van der Waals surface area contributed by atoms with E-state index in [0.29, 0.717) is 19.1 Å². The minimum Gasteiger partial charge on any atom is -0.301 e. The van der Waals surface area contributed by atoms with Crippen molar-refractivity contribution in [1.82, 2.24) is 9.21 Å². The van der Waals surface area contributed by atoms with Gasteiger partial charge in [-0.25, -0.2) is 12.7 Å². The lowest BCUT2D eigenvalue weighted by Crippen LogP contribution is -2.48. The van der Waals surface area contributed by atoms with Gasteiger partial charge in [-0.05, 0) is 59.0 Å². The van der Waals surface area contributed by atoms with Crippen LogP contribution in [0.4, 0.5) is 0 Å². The quantitative estimate of drug-likeness (QED) is 0.782. The molecule has 2 fully saturated rings. The fourth-order valence-electron chi connectivity index (χ4n) is 2.88. The summed E-state index contributed by atoms with van der Waals surface area (Å²) in [6.07, 6.45) is 5.59. The number of hydrogen-bond donors (Lipinski definition) is 0. The van der Waals surface area contributed by atoms with Crippen LogP contribution >= 0.6 is 0 Å². The zero-order valence-corrected chi connectivity index (χ0v) is 12.3. The third-order valence-electron chi connectivity index (χ3n) is 4.15. The lowest BCUT2D eigenvalue weighted by atomic mass is 10.1. The number of rotatable bonds is 3. The van der Waals surface area contributed by atoms with E-state index in [0.717, 1.165) is 38.8 Å². The van der Waals surface area contributed by atoms with Crippen LogP contribution in [0.1, 0.15) is 39.5 Å². The normalized spacial score (nSPS) is 25.7. The van der Waals surface area contributed by atoms with Crippen molar-refractivity contribution < 1.29 is 8.42 Å². The molecule has 18 heavy (non-hydrogen) atoms. The molecule has 0 aromatic rings. The molecule has 5 heteroatoms. The molecule has 0 amide bonds. The molecular formula is C13H25N2O2S. The van der Waals surface area contributed by atoms with Crippen molar-refractivity contribution in [2.75, 3.05) is 26.2 Å². The third-order valence-corrected chi connectivity index (χ3v) is 6.55. The molecule has 1 radical (unpaired) electrons. The second-order valence-electron chi connectivity index (χ2n) is 5.64. The van der Waals surface area contributed by atoms with Crippen LogP contribution in [0.2, 0.25) is 0 Å². The Bertz CT molecular complexity index is 353. The summed E-state index contributed by atoms with van der Waals surface area (Å²) in [7, 11) is -3.05. The molecule has 0 N–H and O–H groups in total. The van der Waals surface area contributed by atoms with Crippen LogP contribution in [0, 0.1) is 6.42 Å². The molecule has 105 valence electrons. The molecule has 2 rings (SSSR count). The highest BCUT2D eigenvalue weighted by molar-refractivity contribution is 7.89. The molecule has 2 aliphatic heterocycles. The van der Waals surface area contributed by atoms with Gasteiger partial charge in [-0.2, -0.15) is 0 Å². The maximum Gasteiger partial charge on any atom is 0.217 e. The molecule has 2 aliphatic rings. The second kappa shape index (κ2) is 5.88. The van der Waals surface area contributed by atoms with E-state index in [4.69, 9.17) is 0 Å². The molecule has 0 atom stereocenters. The van der Waals surface area contributed by atoms with Crippen LogP contribution in [0.5, 0.6) is 0 Å². The molecular weight excluding hydrogens is 248 g/mol. The summed E-state index contributed by atoms with van der Waals surface area (Å²) in [5.74, 6) is 0. The Morgan fingerprint density at radius 3 is 2.11 bits per heavy atom.